The van der Waals surface area contributed by atoms with Crippen LogP contribution in [-0.4, -0.2) is 18.4 Å². The fraction of sp³-hybridized carbons (Fsp3) is 0.385. The van der Waals surface area contributed by atoms with E-state index in [9.17, 15) is 0 Å². The standard InChI is InChI=1S/C11H12.2CH3.Sn/c1-9(2)10(3)11-7-5-4-6-8-11;;;/h4-8H,1,3H2,2H3;2*1H3;. The molecule has 0 aliphatic carbocycles. The van der Waals surface area contributed by atoms with Gasteiger partial charge >= 0.3 is 91.1 Å². The van der Waals surface area contributed by atoms with Crippen molar-refractivity contribution in [2.75, 3.05) is 0 Å². The summed E-state index contributed by atoms with van der Waals surface area (Å²) in [7, 11) is 0. The van der Waals surface area contributed by atoms with Gasteiger partial charge in [-0.2, -0.15) is 0 Å². The molecule has 0 atom stereocenters. The van der Waals surface area contributed by atoms with Crippen LogP contribution in [0.15, 0.2) is 35.9 Å². The molecule has 1 aliphatic heterocycles. The monoisotopic (exact) mass is 294 g/mol. The Kier molecular flexibility index (Phi) is 2.74. The third-order valence-electron chi connectivity index (χ3n) is 3.04. The van der Waals surface area contributed by atoms with Gasteiger partial charge in [-0.15, -0.1) is 0 Å². The van der Waals surface area contributed by atoms with E-state index in [1.807, 2.05) is 0 Å². The summed E-state index contributed by atoms with van der Waals surface area (Å²) in [6.07, 6.45) is 0. The van der Waals surface area contributed by atoms with Crippen molar-refractivity contribution in [1.29, 1.82) is 0 Å². The van der Waals surface area contributed by atoms with Gasteiger partial charge in [0.25, 0.3) is 0 Å². The second kappa shape index (κ2) is 3.73. The molecule has 0 N–H and O–H groups in total. The third-order valence-corrected chi connectivity index (χ3v) is 11.0. The van der Waals surface area contributed by atoms with E-state index in [0.717, 1.165) is 0 Å². The van der Waals surface area contributed by atoms with E-state index in [-0.39, 0.29) is 0 Å². The van der Waals surface area contributed by atoms with Crippen LogP contribution in [0.1, 0.15) is 12.5 Å². The molecule has 0 amide bonds. The van der Waals surface area contributed by atoms with E-state index < -0.39 is 18.4 Å². The van der Waals surface area contributed by atoms with Gasteiger partial charge in [0.05, 0.1) is 0 Å². The number of hydrogen-bond acceptors (Lipinski definition) is 0. The molecule has 1 aromatic rings. The molecule has 1 heteroatoms. The first-order valence-corrected chi connectivity index (χ1v) is 15.1. The molecule has 0 aromatic heterocycles. The Bertz CT molecular complexity index is 360. The Labute approximate surface area is 90.9 Å². The maximum atomic E-state index is 2.56. The fourth-order valence-electron chi connectivity index (χ4n) is 2.50. The molecule has 1 heterocycles. The number of allylic oxidation sites excluding steroid dienone is 2. The Morgan fingerprint density at radius 2 is 1.64 bits per heavy atom. The van der Waals surface area contributed by atoms with E-state index in [1.54, 1.807) is 11.1 Å². The van der Waals surface area contributed by atoms with Crippen LogP contribution in [0.3, 0.4) is 0 Å². The molecule has 0 bridgehead atoms. The van der Waals surface area contributed by atoms with E-state index in [1.165, 1.54) is 14.4 Å². The first-order chi connectivity index (χ1) is 6.58. The number of hydrogen-bond donors (Lipinski definition) is 0. The van der Waals surface area contributed by atoms with Crippen LogP contribution in [0.25, 0.3) is 5.57 Å². The van der Waals surface area contributed by atoms with Crippen LogP contribution >= 0.6 is 0 Å². The van der Waals surface area contributed by atoms with E-state index in [2.05, 4.69) is 47.1 Å². The zero-order valence-corrected chi connectivity index (χ0v) is 12.2. The van der Waals surface area contributed by atoms with Crippen LogP contribution in [0.4, 0.5) is 0 Å². The van der Waals surface area contributed by atoms with Crippen LogP contribution in [-0.2, 0) is 0 Å². The molecular formula is C13H18Sn. The molecule has 0 fully saturated rings. The second-order valence-electron chi connectivity index (χ2n) is 5.14. The zero-order valence-electron chi connectivity index (χ0n) is 9.30. The quantitative estimate of drug-likeness (QED) is 0.681. The van der Waals surface area contributed by atoms with Crippen molar-refractivity contribution in [3.8, 4) is 0 Å². The summed E-state index contributed by atoms with van der Waals surface area (Å²) < 4.78 is 2.89. The SMILES string of the molecule is CC1=C(c2ccccc2)[CH2][Sn]([CH3])([CH3])[CH2]1. The molecular weight excluding hydrogens is 275 g/mol. The Morgan fingerprint density at radius 1 is 1.00 bits per heavy atom. The average Bonchev–Trinajstić information content (AvgIpc) is 2.41. The van der Waals surface area contributed by atoms with E-state index in [4.69, 9.17) is 0 Å². The third kappa shape index (κ3) is 2.05. The summed E-state index contributed by atoms with van der Waals surface area (Å²) in [4.78, 5) is 5.13. The van der Waals surface area contributed by atoms with Crippen LogP contribution < -0.4 is 0 Å². The summed E-state index contributed by atoms with van der Waals surface area (Å²) in [5.74, 6) is 0. The first-order valence-electron chi connectivity index (χ1n) is 5.32. The fourth-order valence-corrected chi connectivity index (χ4v) is 11.7. The van der Waals surface area contributed by atoms with Crippen LogP contribution in [0, 0.1) is 0 Å². The van der Waals surface area contributed by atoms with Gasteiger partial charge in [0.2, 0.25) is 0 Å². The van der Waals surface area contributed by atoms with Crippen LogP contribution in [0.2, 0.25) is 18.8 Å². The topological polar surface area (TPSA) is 0 Å². The summed E-state index contributed by atoms with van der Waals surface area (Å²) in [6, 6.07) is 10.9. The summed E-state index contributed by atoms with van der Waals surface area (Å²) >= 11 is -1.64. The summed E-state index contributed by atoms with van der Waals surface area (Å²) in [6.45, 7) is 2.33. The first kappa shape index (κ1) is 10.3. The molecule has 14 heavy (non-hydrogen) atoms. The minimum atomic E-state index is -1.64. The molecule has 0 radical (unpaired) electrons. The number of rotatable bonds is 1. The van der Waals surface area contributed by atoms with Crippen molar-refractivity contribution in [2.45, 2.75) is 25.7 Å². The zero-order chi connectivity index (χ0) is 10.2. The Balaban J connectivity index is 2.33. The van der Waals surface area contributed by atoms with Gasteiger partial charge in [0.1, 0.15) is 0 Å². The van der Waals surface area contributed by atoms with Gasteiger partial charge in [0, 0.05) is 0 Å². The number of benzene rings is 1. The Hall–Kier alpha value is -0.241. The summed E-state index contributed by atoms with van der Waals surface area (Å²) in [5.41, 5.74) is 4.79. The summed E-state index contributed by atoms with van der Waals surface area (Å²) in [5, 5.41) is 0. The average molecular weight is 293 g/mol. The molecule has 1 aliphatic rings. The van der Waals surface area contributed by atoms with Crippen molar-refractivity contribution >= 4 is 24.0 Å². The molecule has 0 saturated heterocycles. The predicted molar refractivity (Wildman–Crippen MR) is 66.1 cm³/mol. The molecule has 2 rings (SSSR count). The van der Waals surface area contributed by atoms with Gasteiger partial charge in [-0.05, 0) is 0 Å². The van der Waals surface area contributed by atoms with Crippen molar-refractivity contribution in [1.82, 2.24) is 0 Å². The van der Waals surface area contributed by atoms with E-state index >= 15 is 0 Å². The second-order valence-corrected chi connectivity index (χ2v) is 19.5. The molecule has 0 spiro atoms. The molecule has 1 aromatic carbocycles. The Morgan fingerprint density at radius 3 is 2.14 bits per heavy atom. The molecule has 0 unspecified atom stereocenters. The molecule has 0 saturated carbocycles. The van der Waals surface area contributed by atoms with Crippen molar-refractivity contribution in [3.05, 3.63) is 41.5 Å². The van der Waals surface area contributed by atoms with Crippen LogP contribution in [0.5, 0.6) is 0 Å². The minimum absolute atomic E-state index is 1.44. The van der Waals surface area contributed by atoms with Gasteiger partial charge < -0.3 is 0 Å². The van der Waals surface area contributed by atoms with Gasteiger partial charge in [-0.1, -0.05) is 0 Å². The molecule has 74 valence electrons. The van der Waals surface area contributed by atoms with Crippen molar-refractivity contribution in [2.24, 2.45) is 0 Å². The van der Waals surface area contributed by atoms with Gasteiger partial charge in [0.15, 0.2) is 0 Å². The van der Waals surface area contributed by atoms with Gasteiger partial charge in [-0.3, -0.25) is 0 Å². The van der Waals surface area contributed by atoms with Crippen molar-refractivity contribution in [3.63, 3.8) is 0 Å². The maximum absolute atomic E-state index is 2.56. The normalized spacial score (nSPS) is 20.2. The van der Waals surface area contributed by atoms with Gasteiger partial charge in [-0.25, -0.2) is 0 Å². The van der Waals surface area contributed by atoms with E-state index in [0.29, 0.717) is 0 Å². The predicted octanol–water partition coefficient (Wildman–Crippen LogP) is 4.18. The van der Waals surface area contributed by atoms with Crippen molar-refractivity contribution < 1.29 is 0 Å². The molecule has 0 nitrogen and oxygen atoms in total.